The molecule has 3 heterocycles. The Morgan fingerprint density at radius 3 is 2.00 bits per heavy atom. The Bertz CT molecular complexity index is 2160. The van der Waals surface area contributed by atoms with Crippen molar-refractivity contribution in [1.82, 2.24) is 9.55 Å². The predicted octanol–water partition coefficient (Wildman–Crippen LogP) is 10.5. The highest BCUT2D eigenvalue weighted by molar-refractivity contribution is 6.09. The van der Waals surface area contributed by atoms with Gasteiger partial charge in [0, 0.05) is 40.5 Å². The molecule has 1 aliphatic heterocycles. The Labute approximate surface area is 263 Å². The normalized spacial score (nSPS) is 13.0. The van der Waals surface area contributed by atoms with Crippen molar-refractivity contribution in [3.8, 4) is 17.3 Å². The van der Waals surface area contributed by atoms with E-state index < -0.39 is 0 Å². The van der Waals surface area contributed by atoms with Crippen LogP contribution < -0.4 is 14.5 Å². The van der Waals surface area contributed by atoms with Crippen LogP contribution in [0, 0.1) is 0 Å². The van der Waals surface area contributed by atoms with Gasteiger partial charge in [-0.05, 0) is 71.6 Å². The lowest BCUT2D eigenvalue weighted by Gasteiger charge is -2.22. The Hall–Kier alpha value is -5.55. The van der Waals surface area contributed by atoms with Crippen LogP contribution >= 0.6 is 0 Å². The molecule has 0 spiro atoms. The Morgan fingerprint density at radius 2 is 1.24 bits per heavy atom. The molecule has 0 saturated heterocycles. The van der Waals surface area contributed by atoms with Gasteiger partial charge in [0.2, 0.25) is 0 Å². The van der Waals surface area contributed by atoms with E-state index in [1.54, 1.807) is 0 Å². The third kappa shape index (κ3) is 4.77. The number of benzene rings is 5. The molecule has 220 valence electrons. The SMILES string of the molecule is CC(C)(C)c1ccc(-n2c3ccccc3c3ccc(Oc4cccc(N5CN(c6ccccc6)c6ccccc65)c4)cc32)nc1. The molecule has 0 N–H and O–H groups in total. The number of ether oxygens (including phenoxy) is 1. The van der Waals surface area contributed by atoms with Gasteiger partial charge < -0.3 is 14.5 Å². The van der Waals surface area contributed by atoms with Gasteiger partial charge in [0.1, 0.15) is 24.0 Å². The summed E-state index contributed by atoms with van der Waals surface area (Å²) < 4.78 is 8.80. The van der Waals surface area contributed by atoms with Crippen LogP contribution in [-0.4, -0.2) is 16.2 Å². The number of nitrogens with zero attached hydrogens (tertiary/aromatic N) is 4. The van der Waals surface area contributed by atoms with Crippen LogP contribution in [0.15, 0.2) is 140 Å². The molecular weight excluding hydrogens is 552 g/mol. The maximum Gasteiger partial charge on any atom is 0.137 e. The molecule has 0 aliphatic carbocycles. The van der Waals surface area contributed by atoms with E-state index in [0.29, 0.717) is 0 Å². The van der Waals surface area contributed by atoms with Crippen molar-refractivity contribution >= 4 is 44.6 Å². The molecule has 0 amide bonds. The summed E-state index contributed by atoms with van der Waals surface area (Å²) in [5, 5.41) is 2.36. The van der Waals surface area contributed by atoms with Crippen molar-refractivity contribution in [1.29, 1.82) is 0 Å². The van der Waals surface area contributed by atoms with Crippen molar-refractivity contribution in [3.63, 3.8) is 0 Å². The molecule has 5 aromatic carbocycles. The van der Waals surface area contributed by atoms with Crippen molar-refractivity contribution in [3.05, 3.63) is 145 Å². The fourth-order valence-electron chi connectivity index (χ4n) is 6.34. The molecule has 7 aromatic rings. The second-order valence-electron chi connectivity index (χ2n) is 12.6. The minimum Gasteiger partial charge on any atom is -0.457 e. The van der Waals surface area contributed by atoms with Crippen molar-refractivity contribution < 1.29 is 4.74 Å². The first-order valence-electron chi connectivity index (χ1n) is 15.4. The monoisotopic (exact) mass is 586 g/mol. The van der Waals surface area contributed by atoms with Crippen molar-refractivity contribution in [2.45, 2.75) is 26.2 Å². The third-order valence-corrected chi connectivity index (χ3v) is 8.67. The third-order valence-electron chi connectivity index (χ3n) is 8.67. The van der Waals surface area contributed by atoms with Gasteiger partial charge in [0.15, 0.2) is 0 Å². The first-order chi connectivity index (χ1) is 21.9. The zero-order valence-corrected chi connectivity index (χ0v) is 25.7. The molecule has 5 heteroatoms. The van der Waals surface area contributed by atoms with E-state index >= 15 is 0 Å². The second-order valence-corrected chi connectivity index (χ2v) is 12.6. The fraction of sp³-hybridized carbons (Fsp3) is 0.125. The highest BCUT2D eigenvalue weighted by Crippen LogP contribution is 2.45. The van der Waals surface area contributed by atoms with E-state index in [2.05, 4.69) is 163 Å². The number of fused-ring (bicyclic) bond motifs is 4. The summed E-state index contributed by atoms with van der Waals surface area (Å²) in [5.74, 6) is 2.46. The molecule has 0 atom stereocenters. The first kappa shape index (κ1) is 27.0. The van der Waals surface area contributed by atoms with Crippen molar-refractivity contribution in [2.75, 3.05) is 16.5 Å². The van der Waals surface area contributed by atoms with E-state index in [4.69, 9.17) is 9.72 Å². The van der Waals surface area contributed by atoms with Crippen LogP contribution in [0.2, 0.25) is 0 Å². The number of hydrogen-bond acceptors (Lipinski definition) is 4. The van der Waals surface area contributed by atoms with Gasteiger partial charge >= 0.3 is 0 Å². The van der Waals surface area contributed by atoms with Gasteiger partial charge in [-0.1, -0.05) is 81.4 Å². The van der Waals surface area contributed by atoms with E-state index in [1.165, 1.54) is 33.4 Å². The van der Waals surface area contributed by atoms with Gasteiger partial charge in [0.05, 0.1) is 22.4 Å². The largest absolute Gasteiger partial charge is 0.457 e. The molecule has 8 rings (SSSR count). The lowest BCUT2D eigenvalue weighted by Crippen LogP contribution is -2.23. The summed E-state index contributed by atoms with van der Waals surface area (Å²) in [6.45, 7) is 7.36. The standard InChI is InChI=1S/C40H34N4O/c1-40(2,3)28-20-23-39(41-26-28)44-35-17-8-7-16-33(35)34-22-21-32(25-38(34)44)45-31-15-11-14-30(24-31)43-27-42(29-12-5-4-6-13-29)36-18-9-10-19-37(36)43/h4-26H,27H2,1-3H3. The minimum absolute atomic E-state index is 0.0406. The van der Waals surface area contributed by atoms with Crippen LogP contribution in [0.5, 0.6) is 11.5 Å². The van der Waals surface area contributed by atoms with Gasteiger partial charge in [-0.2, -0.15) is 0 Å². The molecule has 0 bridgehead atoms. The van der Waals surface area contributed by atoms with Gasteiger partial charge in [-0.3, -0.25) is 4.57 Å². The molecule has 45 heavy (non-hydrogen) atoms. The summed E-state index contributed by atoms with van der Waals surface area (Å²) in [6, 6.07) is 46.6. The smallest absolute Gasteiger partial charge is 0.137 e. The lowest BCUT2D eigenvalue weighted by molar-refractivity contribution is 0.483. The summed E-state index contributed by atoms with van der Waals surface area (Å²) in [7, 11) is 0. The first-order valence-corrected chi connectivity index (χ1v) is 15.4. The predicted molar refractivity (Wildman–Crippen MR) is 186 cm³/mol. The molecule has 2 aromatic heterocycles. The highest BCUT2D eigenvalue weighted by Gasteiger charge is 2.28. The maximum absolute atomic E-state index is 6.56. The lowest BCUT2D eigenvalue weighted by atomic mass is 9.88. The van der Waals surface area contributed by atoms with Crippen LogP contribution in [0.3, 0.4) is 0 Å². The van der Waals surface area contributed by atoms with Crippen LogP contribution in [-0.2, 0) is 5.41 Å². The number of pyridine rings is 1. The van der Waals surface area contributed by atoms with E-state index in [1.807, 2.05) is 12.3 Å². The summed E-state index contributed by atoms with van der Waals surface area (Å²) >= 11 is 0. The molecule has 5 nitrogen and oxygen atoms in total. The quantitative estimate of drug-likeness (QED) is 0.201. The number of rotatable bonds is 5. The van der Waals surface area contributed by atoms with Crippen LogP contribution in [0.25, 0.3) is 27.6 Å². The second kappa shape index (κ2) is 10.6. The Morgan fingerprint density at radius 1 is 0.578 bits per heavy atom. The van der Waals surface area contributed by atoms with Gasteiger partial charge in [-0.25, -0.2) is 4.98 Å². The van der Waals surface area contributed by atoms with Gasteiger partial charge in [0.25, 0.3) is 0 Å². The molecule has 0 fully saturated rings. The minimum atomic E-state index is 0.0406. The zero-order chi connectivity index (χ0) is 30.5. The number of hydrogen-bond donors (Lipinski definition) is 0. The Balaban J connectivity index is 1.15. The van der Waals surface area contributed by atoms with E-state index in [9.17, 15) is 0 Å². The van der Waals surface area contributed by atoms with Crippen molar-refractivity contribution in [2.24, 2.45) is 0 Å². The summed E-state index contributed by atoms with van der Waals surface area (Å²) in [5.41, 5.74) is 8.06. The average Bonchev–Trinajstić information content (AvgIpc) is 3.61. The zero-order valence-electron chi connectivity index (χ0n) is 25.7. The molecule has 0 radical (unpaired) electrons. The summed E-state index contributed by atoms with van der Waals surface area (Å²) in [4.78, 5) is 9.60. The number of aromatic nitrogens is 2. The maximum atomic E-state index is 6.56. The fourth-order valence-corrected chi connectivity index (χ4v) is 6.34. The topological polar surface area (TPSA) is 33.5 Å². The molecule has 1 aliphatic rings. The molecular formula is C40H34N4O. The Kier molecular flexibility index (Phi) is 6.35. The molecule has 0 unspecified atom stereocenters. The number of para-hydroxylation sites is 4. The van der Waals surface area contributed by atoms with Gasteiger partial charge in [-0.15, -0.1) is 0 Å². The van der Waals surface area contributed by atoms with Crippen LogP contribution in [0.1, 0.15) is 26.3 Å². The summed E-state index contributed by atoms with van der Waals surface area (Å²) in [6.07, 6.45) is 2.00. The van der Waals surface area contributed by atoms with E-state index in [0.717, 1.165) is 40.7 Å². The van der Waals surface area contributed by atoms with Crippen LogP contribution in [0.4, 0.5) is 22.7 Å². The highest BCUT2D eigenvalue weighted by atomic mass is 16.5. The molecule has 0 saturated carbocycles. The average molecular weight is 587 g/mol. The van der Waals surface area contributed by atoms with E-state index in [-0.39, 0.29) is 5.41 Å². The number of anilines is 4.